The van der Waals surface area contributed by atoms with Crippen molar-refractivity contribution in [3.05, 3.63) is 34.4 Å². The number of hydrogen-bond acceptors (Lipinski definition) is 8. The van der Waals surface area contributed by atoms with Gasteiger partial charge in [0.15, 0.2) is 4.90 Å². The predicted octanol–water partition coefficient (Wildman–Crippen LogP) is 0.712. The van der Waals surface area contributed by atoms with Gasteiger partial charge in [-0.15, -0.1) is 0 Å². The van der Waals surface area contributed by atoms with Gasteiger partial charge in [-0.2, -0.15) is 4.31 Å². The molecule has 0 fully saturated rings. The first kappa shape index (κ1) is 20.5. The van der Waals surface area contributed by atoms with Crippen LogP contribution in [0.25, 0.3) is 0 Å². The van der Waals surface area contributed by atoms with E-state index in [1.807, 2.05) is 0 Å². The summed E-state index contributed by atoms with van der Waals surface area (Å²) in [5, 5.41) is 11.1. The maximum absolute atomic E-state index is 12.7. The van der Waals surface area contributed by atoms with Crippen molar-refractivity contribution in [2.45, 2.75) is 18.7 Å². The molecule has 0 aliphatic heterocycles. The third-order valence-electron chi connectivity index (χ3n) is 2.90. The lowest BCUT2D eigenvalue weighted by Crippen LogP contribution is -2.40. The van der Waals surface area contributed by atoms with E-state index in [4.69, 9.17) is 9.47 Å². The number of benzene rings is 1. The zero-order valence-corrected chi connectivity index (χ0v) is 14.5. The summed E-state index contributed by atoms with van der Waals surface area (Å²) in [7, 11) is -4.51. The first-order valence-corrected chi connectivity index (χ1v) is 8.72. The van der Waals surface area contributed by atoms with Crippen LogP contribution < -0.4 is 0 Å². The van der Waals surface area contributed by atoms with Crippen molar-refractivity contribution in [1.29, 1.82) is 0 Å². The molecule has 0 amide bonds. The van der Waals surface area contributed by atoms with Crippen LogP contribution in [-0.2, 0) is 29.1 Å². The maximum Gasteiger partial charge on any atom is 0.321 e. The van der Waals surface area contributed by atoms with Crippen LogP contribution in [0.2, 0.25) is 0 Å². The van der Waals surface area contributed by atoms with Crippen molar-refractivity contribution in [3.8, 4) is 0 Å². The second-order valence-electron chi connectivity index (χ2n) is 4.61. The van der Waals surface area contributed by atoms with Crippen LogP contribution in [0.4, 0.5) is 5.69 Å². The molecule has 0 aromatic heterocycles. The Kier molecular flexibility index (Phi) is 7.45. The summed E-state index contributed by atoms with van der Waals surface area (Å²) in [6.45, 7) is 1.53. The van der Waals surface area contributed by atoms with Crippen molar-refractivity contribution in [2.24, 2.45) is 0 Å². The number of carbonyl (C=O) groups is 2. The normalized spacial score (nSPS) is 11.2. The second kappa shape index (κ2) is 9.08. The highest BCUT2D eigenvalue weighted by Gasteiger charge is 2.34. The Hall–Kier alpha value is -2.53. The van der Waals surface area contributed by atoms with Gasteiger partial charge in [0.05, 0.1) is 18.1 Å². The van der Waals surface area contributed by atoms with Crippen molar-refractivity contribution in [2.75, 3.05) is 26.3 Å². The molecule has 11 heteroatoms. The lowest BCUT2D eigenvalue weighted by molar-refractivity contribution is -0.387. The van der Waals surface area contributed by atoms with Crippen LogP contribution in [-0.4, -0.2) is 55.9 Å². The van der Waals surface area contributed by atoms with E-state index in [-0.39, 0.29) is 13.2 Å². The molecule has 25 heavy (non-hydrogen) atoms. The van der Waals surface area contributed by atoms with Crippen LogP contribution >= 0.6 is 0 Å². The Morgan fingerprint density at radius 1 is 1.08 bits per heavy atom. The molecule has 10 nitrogen and oxygen atoms in total. The summed E-state index contributed by atoms with van der Waals surface area (Å²) < 4.78 is 35.4. The number of ether oxygens (including phenoxy) is 2. The Balaban J connectivity index is 3.28. The van der Waals surface area contributed by atoms with Gasteiger partial charge in [-0.25, -0.2) is 8.42 Å². The first-order chi connectivity index (χ1) is 11.7. The summed E-state index contributed by atoms with van der Waals surface area (Å²) in [4.78, 5) is 32.9. The molecule has 0 aliphatic rings. The van der Waals surface area contributed by atoms with E-state index in [1.165, 1.54) is 26.0 Å². The lowest BCUT2D eigenvalue weighted by Gasteiger charge is -2.20. The standard InChI is InChI=1S/C14H18N2O8S/c1-3-23-13(17)9-15(10-14(18)24-4-2)25(21,22)12-8-6-5-7-11(12)16(19)20/h5-8H,3-4,9-10H2,1-2H3. The number of hydrogen-bond donors (Lipinski definition) is 0. The smallest absolute Gasteiger partial charge is 0.321 e. The molecule has 138 valence electrons. The van der Waals surface area contributed by atoms with Crippen molar-refractivity contribution in [3.63, 3.8) is 0 Å². The lowest BCUT2D eigenvalue weighted by atomic mass is 10.3. The number of carbonyl (C=O) groups excluding carboxylic acids is 2. The topological polar surface area (TPSA) is 133 Å². The van der Waals surface area contributed by atoms with E-state index < -0.39 is 50.6 Å². The summed E-state index contributed by atoms with van der Waals surface area (Å²) in [5.74, 6) is -1.79. The van der Waals surface area contributed by atoms with Crippen molar-refractivity contribution >= 4 is 27.6 Å². The summed E-state index contributed by atoms with van der Waals surface area (Å²) in [5.41, 5.74) is -0.666. The molecule has 0 bridgehead atoms. The molecule has 0 heterocycles. The minimum atomic E-state index is -4.51. The fourth-order valence-electron chi connectivity index (χ4n) is 1.89. The van der Waals surface area contributed by atoms with E-state index in [1.54, 1.807) is 0 Å². The quantitative estimate of drug-likeness (QED) is 0.350. The van der Waals surface area contributed by atoms with Gasteiger partial charge in [0, 0.05) is 6.07 Å². The predicted molar refractivity (Wildman–Crippen MR) is 85.1 cm³/mol. The highest BCUT2D eigenvalue weighted by Crippen LogP contribution is 2.26. The van der Waals surface area contributed by atoms with Gasteiger partial charge in [0.1, 0.15) is 13.1 Å². The van der Waals surface area contributed by atoms with E-state index in [0.29, 0.717) is 4.31 Å². The number of esters is 2. The van der Waals surface area contributed by atoms with Crippen LogP contribution in [0.1, 0.15) is 13.8 Å². The number of nitro benzene ring substituents is 1. The van der Waals surface area contributed by atoms with Gasteiger partial charge >= 0.3 is 11.9 Å². The van der Waals surface area contributed by atoms with Crippen molar-refractivity contribution in [1.82, 2.24) is 4.31 Å². The van der Waals surface area contributed by atoms with Gasteiger partial charge in [-0.3, -0.25) is 19.7 Å². The third kappa shape index (κ3) is 5.50. The number of para-hydroxylation sites is 1. The summed E-state index contributed by atoms with van der Waals surface area (Å²) in [6, 6.07) is 4.64. The fourth-order valence-corrected chi connectivity index (χ4v) is 3.38. The molecule has 0 saturated heterocycles. The Bertz CT molecular complexity index is 727. The Labute approximate surface area is 144 Å². The number of rotatable bonds is 9. The van der Waals surface area contributed by atoms with Crippen LogP contribution in [0.5, 0.6) is 0 Å². The molecule has 1 rings (SSSR count). The molecular formula is C14H18N2O8S. The van der Waals surface area contributed by atoms with Gasteiger partial charge in [0.25, 0.3) is 15.7 Å². The molecule has 0 saturated carbocycles. The highest BCUT2D eigenvalue weighted by molar-refractivity contribution is 7.89. The zero-order chi connectivity index (χ0) is 19.0. The van der Waals surface area contributed by atoms with E-state index in [9.17, 15) is 28.1 Å². The molecule has 0 aliphatic carbocycles. The molecular weight excluding hydrogens is 356 g/mol. The van der Waals surface area contributed by atoms with E-state index in [0.717, 1.165) is 12.1 Å². The summed E-state index contributed by atoms with van der Waals surface area (Å²) >= 11 is 0. The SMILES string of the molecule is CCOC(=O)CN(CC(=O)OCC)S(=O)(=O)c1ccccc1[N+](=O)[O-]. The largest absolute Gasteiger partial charge is 0.465 e. The first-order valence-electron chi connectivity index (χ1n) is 7.28. The number of sulfonamides is 1. The average Bonchev–Trinajstić information content (AvgIpc) is 2.54. The Morgan fingerprint density at radius 2 is 1.56 bits per heavy atom. The number of nitrogens with zero attached hydrogens (tertiary/aromatic N) is 2. The third-order valence-corrected chi connectivity index (χ3v) is 4.74. The molecule has 0 N–H and O–H groups in total. The van der Waals surface area contributed by atoms with Gasteiger partial charge in [-0.1, -0.05) is 12.1 Å². The van der Waals surface area contributed by atoms with Gasteiger partial charge in [-0.05, 0) is 19.9 Å². The van der Waals surface area contributed by atoms with Crippen LogP contribution in [0, 0.1) is 10.1 Å². The molecule has 1 aromatic rings. The van der Waals surface area contributed by atoms with Crippen LogP contribution in [0.3, 0.4) is 0 Å². The summed E-state index contributed by atoms with van der Waals surface area (Å²) in [6.07, 6.45) is 0. The fraction of sp³-hybridized carbons (Fsp3) is 0.429. The zero-order valence-electron chi connectivity index (χ0n) is 13.7. The van der Waals surface area contributed by atoms with Crippen molar-refractivity contribution < 1.29 is 32.4 Å². The average molecular weight is 374 g/mol. The van der Waals surface area contributed by atoms with E-state index in [2.05, 4.69) is 0 Å². The highest BCUT2D eigenvalue weighted by atomic mass is 32.2. The van der Waals surface area contributed by atoms with Crippen LogP contribution in [0.15, 0.2) is 29.2 Å². The molecule has 0 radical (unpaired) electrons. The monoisotopic (exact) mass is 374 g/mol. The molecule has 0 unspecified atom stereocenters. The van der Waals surface area contributed by atoms with E-state index >= 15 is 0 Å². The van der Waals surface area contributed by atoms with Gasteiger partial charge in [0.2, 0.25) is 0 Å². The molecule has 0 spiro atoms. The molecule has 0 atom stereocenters. The van der Waals surface area contributed by atoms with Gasteiger partial charge < -0.3 is 9.47 Å². The second-order valence-corrected chi connectivity index (χ2v) is 6.51. The Morgan fingerprint density at radius 3 is 2.00 bits per heavy atom. The minimum Gasteiger partial charge on any atom is -0.465 e. The maximum atomic E-state index is 12.7. The minimum absolute atomic E-state index is 0.0115. The number of nitro groups is 1. The molecule has 1 aromatic carbocycles.